The third-order valence-electron chi connectivity index (χ3n) is 2.81. The second kappa shape index (κ2) is 6.42. The van der Waals surface area contributed by atoms with Crippen LogP contribution in [0.1, 0.15) is 25.5 Å². The van der Waals surface area contributed by atoms with Crippen LogP contribution in [0.3, 0.4) is 0 Å². The molecule has 4 heteroatoms. The largest absolute Gasteiger partial charge is 0.392 e. The zero-order chi connectivity index (χ0) is 12.8. The van der Waals surface area contributed by atoms with E-state index in [1.165, 1.54) is 0 Å². The molecule has 0 amide bonds. The van der Waals surface area contributed by atoms with E-state index in [-0.39, 0.29) is 6.10 Å². The SMILES string of the molecule is CCCC(O)CNCc1cnc2ccccc2n1. The molecule has 0 fully saturated rings. The fourth-order valence-corrected chi connectivity index (χ4v) is 1.88. The summed E-state index contributed by atoms with van der Waals surface area (Å²) in [4.78, 5) is 8.86. The van der Waals surface area contributed by atoms with Gasteiger partial charge in [0.2, 0.25) is 0 Å². The second-order valence-electron chi connectivity index (χ2n) is 4.42. The third kappa shape index (κ3) is 3.48. The summed E-state index contributed by atoms with van der Waals surface area (Å²) >= 11 is 0. The number of nitrogens with one attached hydrogen (secondary N) is 1. The van der Waals surface area contributed by atoms with Crippen LogP contribution < -0.4 is 5.32 Å². The van der Waals surface area contributed by atoms with Crippen molar-refractivity contribution in [3.8, 4) is 0 Å². The zero-order valence-electron chi connectivity index (χ0n) is 10.6. The molecule has 0 saturated carbocycles. The topological polar surface area (TPSA) is 58.0 Å². The maximum Gasteiger partial charge on any atom is 0.0890 e. The van der Waals surface area contributed by atoms with Crippen molar-refractivity contribution in [2.75, 3.05) is 6.54 Å². The molecule has 0 saturated heterocycles. The van der Waals surface area contributed by atoms with E-state index < -0.39 is 0 Å². The number of rotatable bonds is 6. The number of para-hydroxylation sites is 2. The highest BCUT2D eigenvalue weighted by atomic mass is 16.3. The lowest BCUT2D eigenvalue weighted by Crippen LogP contribution is -2.26. The Morgan fingerprint density at radius 1 is 1.28 bits per heavy atom. The van der Waals surface area contributed by atoms with Gasteiger partial charge in [0.25, 0.3) is 0 Å². The third-order valence-corrected chi connectivity index (χ3v) is 2.81. The van der Waals surface area contributed by atoms with E-state index in [4.69, 9.17) is 0 Å². The van der Waals surface area contributed by atoms with Crippen molar-refractivity contribution < 1.29 is 5.11 Å². The summed E-state index contributed by atoms with van der Waals surface area (Å²) in [6, 6.07) is 7.82. The number of aliphatic hydroxyl groups excluding tert-OH is 1. The van der Waals surface area contributed by atoms with Crippen LogP contribution in [-0.4, -0.2) is 27.7 Å². The van der Waals surface area contributed by atoms with Gasteiger partial charge in [0.05, 0.1) is 29.0 Å². The molecule has 4 nitrogen and oxygen atoms in total. The molecular weight excluding hydrogens is 226 g/mol. The van der Waals surface area contributed by atoms with Gasteiger partial charge in [-0.05, 0) is 18.6 Å². The normalized spacial score (nSPS) is 12.8. The lowest BCUT2D eigenvalue weighted by molar-refractivity contribution is 0.160. The summed E-state index contributed by atoms with van der Waals surface area (Å²) in [5.74, 6) is 0. The molecule has 0 aliphatic heterocycles. The minimum absolute atomic E-state index is 0.275. The summed E-state index contributed by atoms with van der Waals surface area (Å²) in [5, 5.41) is 12.8. The van der Waals surface area contributed by atoms with Gasteiger partial charge in [-0.2, -0.15) is 0 Å². The molecule has 0 aliphatic carbocycles. The number of aliphatic hydroxyl groups is 1. The summed E-state index contributed by atoms with van der Waals surface area (Å²) < 4.78 is 0. The molecule has 0 spiro atoms. The molecule has 1 aromatic carbocycles. The van der Waals surface area contributed by atoms with E-state index in [0.29, 0.717) is 13.1 Å². The maximum atomic E-state index is 9.60. The molecular formula is C14H19N3O. The van der Waals surface area contributed by atoms with E-state index in [9.17, 15) is 5.11 Å². The van der Waals surface area contributed by atoms with Gasteiger partial charge in [0, 0.05) is 13.1 Å². The van der Waals surface area contributed by atoms with Crippen LogP contribution in [0.15, 0.2) is 30.5 Å². The van der Waals surface area contributed by atoms with Crippen molar-refractivity contribution in [2.45, 2.75) is 32.4 Å². The van der Waals surface area contributed by atoms with Crippen molar-refractivity contribution >= 4 is 11.0 Å². The van der Waals surface area contributed by atoms with E-state index in [2.05, 4.69) is 22.2 Å². The summed E-state index contributed by atoms with van der Waals surface area (Å²) in [6.45, 7) is 3.30. The molecule has 96 valence electrons. The summed E-state index contributed by atoms with van der Waals surface area (Å²) in [7, 11) is 0. The molecule has 0 bridgehead atoms. The number of fused-ring (bicyclic) bond motifs is 1. The molecule has 2 aromatic rings. The van der Waals surface area contributed by atoms with E-state index >= 15 is 0 Å². The Morgan fingerprint density at radius 2 is 2.06 bits per heavy atom. The number of nitrogens with zero attached hydrogens (tertiary/aromatic N) is 2. The van der Waals surface area contributed by atoms with Crippen LogP contribution in [-0.2, 0) is 6.54 Å². The van der Waals surface area contributed by atoms with E-state index in [0.717, 1.165) is 29.6 Å². The van der Waals surface area contributed by atoms with E-state index in [1.54, 1.807) is 6.20 Å². The highest BCUT2D eigenvalue weighted by Gasteiger charge is 2.03. The minimum Gasteiger partial charge on any atom is -0.392 e. The smallest absolute Gasteiger partial charge is 0.0890 e. The van der Waals surface area contributed by atoms with Crippen LogP contribution in [0.2, 0.25) is 0 Å². The monoisotopic (exact) mass is 245 g/mol. The molecule has 2 N–H and O–H groups in total. The van der Waals surface area contributed by atoms with Crippen LogP contribution in [0.4, 0.5) is 0 Å². The van der Waals surface area contributed by atoms with Gasteiger partial charge in [0.1, 0.15) is 0 Å². The Balaban J connectivity index is 1.91. The molecule has 1 aromatic heterocycles. The van der Waals surface area contributed by atoms with Gasteiger partial charge in [-0.1, -0.05) is 25.5 Å². The average molecular weight is 245 g/mol. The summed E-state index contributed by atoms with van der Waals surface area (Å²) in [6.07, 6.45) is 3.33. The quantitative estimate of drug-likeness (QED) is 0.816. The molecule has 2 rings (SSSR count). The average Bonchev–Trinajstić information content (AvgIpc) is 2.39. The Kier molecular flexibility index (Phi) is 4.61. The van der Waals surface area contributed by atoms with Gasteiger partial charge in [0.15, 0.2) is 0 Å². The second-order valence-corrected chi connectivity index (χ2v) is 4.42. The molecule has 18 heavy (non-hydrogen) atoms. The number of aromatic nitrogens is 2. The first-order valence-electron chi connectivity index (χ1n) is 6.39. The predicted molar refractivity (Wildman–Crippen MR) is 72.2 cm³/mol. The van der Waals surface area contributed by atoms with Gasteiger partial charge in [-0.25, -0.2) is 4.98 Å². The molecule has 1 heterocycles. The van der Waals surface area contributed by atoms with Gasteiger partial charge in [-0.3, -0.25) is 4.98 Å². The number of hydrogen-bond donors (Lipinski definition) is 2. The van der Waals surface area contributed by atoms with Crippen molar-refractivity contribution in [2.24, 2.45) is 0 Å². The Labute approximate surface area is 107 Å². The molecule has 1 unspecified atom stereocenters. The lowest BCUT2D eigenvalue weighted by Gasteiger charge is -2.10. The lowest BCUT2D eigenvalue weighted by atomic mass is 10.2. The van der Waals surface area contributed by atoms with Gasteiger partial charge < -0.3 is 10.4 Å². The first-order chi connectivity index (χ1) is 8.79. The van der Waals surface area contributed by atoms with Crippen molar-refractivity contribution in [1.82, 2.24) is 15.3 Å². The standard InChI is InChI=1S/C14H19N3O/c1-2-5-12(18)10-15-8-11-9-16-13-6-3-4-7-14(13)17-11/h3-4,6-7,9,12,15,18H,2,5,8,10H2,1H3. The Morgan fingerprint density at radius 3 is 2.83 bits per heavy atom. The van der Waals surface area contributed by atoms with Crippen LogP contribution in [0.25, 0.3) is 11.0 Å². The minimum atomic E-state index is -0.275. The fourth-order valence-electron chi connectivity index (χ4n) is 1.88. The van der Waals surface area contributed by atoms with Crippen LogP contribution in [0.5, 0.6) is 0 Å². The van der Waals surface area contributed by atoms with E-state index in [1.807, 2.05) is 24.3 Å². The molecule has 1 atom stereocenters. The highest BCUT2D eigenvalue weighted by Crippen LogP contribution is 2.08. The Hall–Kier alpha value is -1.52. The number of benzene rings is 1. The van der Waals surface area contributed by atoms with Crippen LogP contribution >= 0.6 is 0 Å². The van der Waals surface area contributed by atoms with Crippen molar-refractivity contribution in [1.29, 1.82) is 0 Å². The molecule has 0 radical (unpaired) electrons. The summed E-state index contributed by atoms with van der Waals surface area (Å²) in [5.41, 5.74) is 2.72. The van der Waals surface area contributed by atoms with Crippen molar-refractivity contribution in [3.05, 3.63) is 36.2 Å². The number of hydrogen-bond acceptors (Lipinski definition) is 4. The predicted octanol–water partition coefficient (Wildman–Crippen LogP) is 1.88. The first-order valence-corrected chi connectivity index (χ1v) is 6.39. The van der Waals surface area contributed by atoms with Gasteiger partial charge >= 0.3 is 0 Å². The van der Waals surface area contributed by atoms with Crippen molar-refractivity contribution in [3.63, 3.8) is 0 Å². The van der Waals surface area contributed by atoms with Gasteiger partial charge in [-0.15, -0.1) is 0 Å². The Bertz CT molecular complexity index is 501. The van der Waals surface area contributed by atoms with Crippen LogP contribution in [0, 0.1) is 0 Å². The maximum absolute atomic E-state index is 9.60. The molecule has 0 aliphatic rings. The first kappa shape index (κ1) is 12.9. The zero-order valence-corrected chi connectivity index (χ0v) is 10.6. The fraction of sp³-hybridized carbons (Fsp3) is 0.429. The highest BCUT2D eigenvalue weighted by molar-refractivity contribution is 5.73.